The lowest BCUT2D eigenvalue weighted by Crippen LogP contribution is -2.60. The number of carbonyl (C=O) groups excluding carboxylic acids is 1. The van der Waals surface area contributed by atoms with E-state index < -0.39 is 53.7 Å². The number of aryl methyl sites for hydroxylation is 1. The van der Waals surface area contributed by atoms with Crippen LogP contribution in [0, 0.1) is 12.8 Å². The lowest BCUT2D eigenvalue weighted by atomic mass is 9.83. The molecule has 48 heavy (non-hydrogen) atoms. The maximum Gasteiger partial charge on any atom is 0.330 e. The number of nitrogens with zero attached hydrogens (tertiary/aromatic N) is 4. The van der Waals surface area contributed by atoms with Gasteiger partial charge in [-0.3, -0.25) is 19.1 Å². The van der Waals surface area contributed by atoms with Gasteiger partial charge in [0.15, 0.2) is 0 Å². The fraction of sp³-hybridized carbons (Fsp3) is 0.343. The minimum absolute atomic E-state index is 0.00423. The van der Waals surface area contributed by atoms with Crippen molar-refractivity contribution < 1.29 is 28.5 Å². The first kappa shape index (κ1) is 34.3. The Hall–Kier alpha value is -5.04. The predicted molar refractivity (Wildman–Crippen MR) is 175 cm³/mol. The van der Waals surface area contributed by atoms with Crippen molar-refractivity contribution in [1.29, 1.82) is 0 Å². The van der Waals surface area contributed by atoms with Crippen molar-refractivity contribution in [3.63, 3.8) is 0 Å². The van der Waals surface area contributed by atoms with Crippen molar-refractivity contribution >= 4 is 5.97 Å². The van der Waals surface area contributed by atoms with Crippen LogP contribution in [0.1, 0.15) is 28.5 Å². The van der Waals surface area contributed by atoms with Crippen LogP contribution in [0.5, 0.6) is 0 Å². The second-order valence-corrected chi connectivity index (χ2v) is 11.3. The normalized spacial score (nSPS) is 21.2. The summed E-state index contributed by atoms with van der Waals surface area (Å²) < 4.78 is 32.2. The molecule has 5 rings (SSSR count). The summed E-state index contributed by atoms with van der Waals surface area (Å²) >= 11 is 0. The largest absolute Gasteiger partial charge is 0.469 e. The Balaban J connectivity index is 1.62. The van der Waals surface area contributed by atoms with Gasteiger partial charge in [-0.2, -0.15) is 0 Å². The molecule has 1 aliphatic heterocycles. The summed E-state index contributed by atoms with van der Waals surface area (Å²) in [4.78, 5) is 44.2. The Morgan fingerprint density at radius 1 is 0.896 bits per heavy atom. The fourth-order valence-corrected chi connectivity index (χ4v) is 5.70. The van der Waals surface area contributed by atoms with Gasteiger partial charge in [-0.05, 0) is 29.1 Å². The lowest BCUT2D eigenvalue weighted by Gasteiger charge is -2.48. The molecule has 1 N–H and O–H groups in total. The van der Waals surface area contributed by atoms with Gasteiger partial charge in [0.25, 0.3) is 5.56 Å². The van der Waals surface area contributed by atoms with Crippen molar-refractivity contribution in [3.8, 4) is 0 Å². The van der Waals surface area contributed by atoms with Gasteiger partial charge in [0.1, 0.15) is 24.5 Å². The van der Waals surface area contributed by atoms with Gasteiger partial charge in [-0.15, -0.1) is 0 Å². The van der Waals surface area contributed by atoms with Crippen LogP contribution >= 0.6 is 0 Å². The van der Waals surface area contributed by atoms with Gasteiger partial charge < -0.3 is 23.7 Å². The molecular formula is C35H37N5O8. The predicted octanol–water partition coefficient (Wildman–Crippen LogP) is 4.60. The minimum Gasteiger partial charge on any atom is -0.469 e. The first-order valence-corrected chi connectivity index (χ1v) is 15.4. The van der Waals surface area contributed by atoms with E-state index in [2.05, 4.69) is 15.0 Å². The summed E-state index contributed by atoms with van der Waals surface area (Å²) in [6.07, 6.45) is -2.73. The Kier molecular flexibility index (Phi) is 11.9. The number of methoxy groups -OCH3 is 1. The van der Waals surface area contributed by atoms with E-state index in [9.17, 15) is 19.9 Å². The molecule has 0 spiro atoms. The minimum atomic E-state index is -1.51. The first-order chi connectivity index (χ1) is 23.4. The number of hydrogen-bond donors (Lipinski definition) is 1. The van der Waals surface area contributed by atoms with Crippen molar-refractivity contribution in [1.82, 2.24) is 9.55 Å². The van der Waals surface area contributed by atoms with Gasteiger partial charge >= 0.3 is 11.7 Å². The molecule has 250 valence electrons. The molecule has 13 nitrogen and oxygen atoms in total. The molecule has 0 radical (unpaired) electrons. The number of benzene rings is 3. The van der Waals surface area contributed by atoms with Gasteiger partial charge in [-0.1, -0.05) is 96.1 Å². The van der Waals surface area contributed by atoms with Crippen LogP contribution in [-0.4, -0.2) is 53.6 Å². The van der Waals surface area contributed by atoms with E-state index in [0.717, 1.165) is 16.7 Å². The number of aromatic amines is 1. The molecule has 1 aliphatic rings. The highest BCUT2D eigenvalue weighted by Gasteiger charge is 2.53. The molecule has 0 aliphatic carbocycles. The van der Waals surface area contributed by atoms with E-state index >= 15 is 0 Å². The molecular weight excluding hydrogens is 618 g/mol. The third-order valence-electron chi connectivity index (χ3n) is 8.08. The molecule has 13 heteroatoms. The molecule has 4 aromatic rings. The number of esters is 1. The second-order valence-electron chi connectivity index (χ2n) is 11.3. The quantitative estimate of drug-likeness (QED) is 0.0891. The number of aromatic nitrogens is 2. The number of rotatable bonds is 14. The number of azide groups is 1. The first-order valence-electron chi connectivity index (χ1n) is 15.4. The monoisotopic (exact) mass is 655 g/mol. The van der Waals surface area contributed by atoms with E-state index in [1.807, 2.05) is 91.0 Å². The Labute approximate surface area is 276 Å². The van der Waals surface area contributed by atoms with Crippen LogP contribution in [0.2, 0.25) is 0 Å². The van der Waals surface area contributed by atoms with Crippen LogP contribution in [0.25, 0.3) is 10.4 Å². The summed E-state index contributed by atoms with van der Waals surface area (Å²) in [5.41, 5.74) is 11.1. The highest BCUT2D eigenvalue weighted by molar-refractivity contribution is 5.76. The number of carbonyl (C=O) groups is 1. The van der Waals surface area contributed by atoms with Crippen molar-refractivity contribution in [3.05, 3.63) is 151 Å². The SMILES string of the molecule is COC(=O)[C@H](N=[N+]=[N-])[C@@H]1[C@@H](OCc2ccccc2)[C@H](OCc2ccccc2)[C@@H](COCc2ccccc2)O[C@H]1n1cc(C)c(=O)[nH]c1=O. The van der Waals surface area contributed by atoms with Crippen molar-refractivity contribution in [2.75, 3.05) is 13.7 Å². The summed E-state index contributed by atoms with van der Waals surface area (Å²) in [6.45, 7) is 2.03. The van der Waals surface area contributed by atoms with Gasteiger partial charge in [0, 0.05) is 16.7 Å². The van der Waals surface area contributed by atoms with Crippen LogP contribution in [0.3, 0.4) is 0 Å². The zero-order valence-corrected chi connectivity index (χ0v) is 26.6. The Morgan fingerprint density at radius 2 is 1.44 bits per heavy atom. The van der Waals surface area contributed by atoms with Crippen LogP contribution in [-0.2, 0) is 48.3 Å². The number of nitrogens with one attached hydrogen (secondary N) is 1. The van der Waals surface area contributed by atoms with Crippen LogP contribution in [0.15, 0.2) is 112 Å². The molecule has 1 fully saturated rings. The number of H-pyrrole nitrogens is 1. The Morgan fingerprint density at radius 3 is 1.98 bits per heavy atom. The maximum atomic E-state index is 13.3. The summed E-state index contributed by atoms with van der Waals surface area (Å²) in [5.74, 6) is -2.03. The van der Waals surface area contributed by atoms with Crippen molar-refractivity contribution in [2.24, 2.45) is 11.0 Å². The zero-order valence-electron chi connectivity index (χ0n) is 26.6. The third-order valence-corrected chi connectivity index (χ3v) is 8.08. The van der Waals surface area contributed by atoms with Crippen molar-refractivity contribution in [2.45, 2.75) is 57.3 Å². The molecule has 6 atom stereocenters. The van der Waals surface area contributed by atoms with Gasteiger partial charge in [-0.25, -0.2) is 4.79 Å². The summed E-state index contributed by atoms with van der Waals surface area (Å²) in [6, 6.07) is 26.9. The zero-order chi connectivity index (χ0) is 33.9. The number of ether oxygens (including phenoxy) is 5. The lowest BCUT2D eigenvalue weighted by molar-refractivity contribution is -0.267. The standard InChI is InChI=1S/C35H37N5O8/c1-23-18-40(35(43)37-32(23)41)33-28(29(38-39-36)34(42)44-2)31(47-21-26-16-10-5-11-17-26)30(46-20-25-14-8-4-9-15-25)27(48-33)22-45-19-24-12-6-3-7-13-24/h3-18,27-31,33H,19-22H2,1-2H3,(H,37,41,43)/t27-,28-,29-,30-,31-,33-/m1/s1. The summed E-state index contributed by atoms with van der Waals surface area (Å²) in [5, 5.41) is 3.82. The molecule has 3 aromatic carbocycles. The van der Waals surface area contributed by atoms with Gasteiger partial charge in [0.05, 0.1) is 45.6 Å². The van der Waals surface area contributed by atoms with Gasteiger partial charge in [0.2, 0.25) is 0 Å². The van der Waals surface area contributed by atoms with E-state index in [0.29, 0.717) is 0 Å². The molecule has 1 aromatic heterocycles. The average Bonchev–Trinajstić information content (AvgIpc) is 3.11. The molecule has 0 bridgehead atoms. The highest BCUT2D eigenvalue weighted by atomic mass is 16.6. The third kappa shape index (κ3) is 8.45. The average molecular weight is 656 g/mol. The van der Waals surface area contributed by atoms with E-state index in [1.165, 1.54) is 24.8 Å². The van der Waals surface area contributed by atoms with E-state index in [4.69, 9.17) is 23.7 Å². The number of hydrogen-bond acceptors (Lipinski definition) is 9. The fourth-order valence-electron chi connectivity index (χ4n) is 5.70. The Bertz CT molecular complexity index is 1790. The molecule has 0 amide bonds. The topological polar surface area (TPSA) is 167 Å². The summed E-state index contributed by atoms with van der Waals surface area (Å²) in [7, 11) is 1.17. The second kappa shape index (κ2) is 16.7. The van der Waals surface area contributed by atoms with E-state index in [-0.39, 0.29) is 32.0 Å². The van der Waals surface area contributed by atoms with Crippen LogP contribution in [0.4, 0.5) is 0 Å². The molecule has 0 saturated carbocycles. The molecule has 2 heterocycles. The maximum absolute atomic E-state index is 13.3. The van der Waals surface area contributed by atoms with E-state index in [1.54, 1.807) is 0 Å². The molecule has 1 saturated heterocycles. The highest BCUT2D eigenvalue weighted by Crippen LogP contribution is 2.40. The smallest absolute Gasteiger partial charge is 0.330 e. The van der Waals surface area contributed by atoms with Crippen LogP contribution < -0.4 is 11.2 Å². The molecule has 0 unspecified atom stereocenters.